The van der Waals surface area contributed by atoms with Gasteiger partial charge in [0.2, 0.25) is 0 Å². The number of nitrogens with one attached hydrogen (secondary N) is 2. The van der Waals surface area contributed by atoms with Gasteiger partial charge in [-0.15, -0.1) is 0 Å². The van der Waals surface area contributed by atoms with Crippen LogP contribution in [0.25, 0.3) is 0 Å². The molecule has 1 saturated carbocycles. The van der Waals surface area contributed by atoms with E-state index in [2.05, 4.69) is 5.32 Å². The Hall–Kier alpha value is -1.46. The van der Waals surface area contributed by atoms with Crippen molar-refractivity contribution in [3.05, 3.63) is 0 Å². The van der Waals surface area contributed by atoms with Crippen LogP contribution >= 0.6 is 0 Å². The Kier molecular flexibility index (Phi) is 7.13. The zero-order chi connectivity index (χ0) is 11.7. The SMILES string of the molecule is N=C(N)NCC1CCCCC1.O=C(O)O. The summed E-state index contributed by atoms with van der Waals surface area (Å²) in [4.78, 5) is 8.56. The predicted molar refractivity (Wildman–Crippen MR) is 57.1 cm³/mol. The van der Waals surface area contributed by atoms with E-state index in [1.807, 2.05) is 0 Å². The number of guanidine groups is 1. The van der Waals surface area contributed by atoms with Gasteiger partial charge in [-0.25, -0.2) is 4.79 Å². The highest BCUT2D eigenvalue weighted by molar-refractivity contribution is 5.74. The van der Waals surface area contributed by atoms with E-state index in [0.29, 0.717) is 0 Å². The Morgan fingerprint density at radius 1 is 1.33 bits per heavy atom. The summed E-state index contributed by atoms with van der Waals surface area (Å²) in [7, 11) is 0. The average molecular weight is 217 g/mol. The largest absolute Gasteiger partial charge is 0.503 e. The Morgan fingerprint density at radius 2 is 1.80 bits per heavy atom. The van der Waals surface area contributed by atoms with E-state index in [9.17, 15) is 0 Å². The molecule has 0 spiro atoms. The number of carbonyl (C=O) groups is 1. The van der Waals surface area contributed by atoms with Crippen LogP contribution in [0.5, 0.6) is 0 Å². The molecule has 0 bridgehead atoms. The number of rotatable bonds is 2. The van der Waals surface area contributed by atoms with Gasteiger partial charge in [0.25, 0.3) is 0 Å². The third-order valence-electron chi connectivity index (χ3n) is 2.31. The van der Waals surface area contributed by atoms with Crippen LogP contribution in [0.4, 0.5) is 4.79 Å². The van der Waals surface area contributed by atoms with E-state index < -0.39 is 6.16 Å². The second-order valence-electron chi connectivity index (χ2n) is 3.58. The maximum absolute atomic E-state index is 8.56. The molecular weight excluding hydrogens is 198 g/mol. The van der Waals surface area contributed by atoms with E-state index >= 15 is 0 Å². The van der Waals surface area contributed by atoms with Crippen LogP contribution in [-0.2, 0) is 0 Å². The highest BCUT2D eigenvalue weighted by Crippen LogP contribution is 2.22. The van der Waals surface area contributed by atoms with E-state index in [4.69, 9.17) is 26.2 Å². The summed E-state index contributed by atoms with van der Waals surface area (Å²) >= 11 is 0. The van der Waals surface area contributed by atoms with Crippen molar-refractivity contribution < 1.29 is 15.0 Å². The van der Waals surface area contributed by atoms with Crippen molar-refractivity contribution in [3.8, 4) is 0 Å². The molecule has 6 N–H and O–H groups in total. The van der Waals surface area contributed by atoms with Crippen LogP contribution in [0, 0.1) is 11.3 Å². The van der Waals surface area contributed by atoms with Gasteiger partial charge in [-0.3, -0.25) is 5.41 Å². The number of nitrogens with two attached hydrogens (primary N) is 1. The molecule has 1 aliphatic carbocycles. The molecule has 88 valence electrons. The third kappa shape index (κ3) is 10.5. The van der Waals surface area contributed by atoms with Gasteiger partial charge >= 0.3 is 6.16 Å². The molecule has 6 heteroatoms. The van der Waals surface area contributed by atoms with E-state index in [1.54, 1.807) is 0 Å². The van der Waals surface area contributed by atoms with Gasteiger partial charge in [0, 0.05) is 6.54 Å². The summed E-state index contributed by atoms with van der Waals surface area (Å²) in [5.74, 6) is 0.864. The van der Waals surface area contributed by atoms with Crippen molar-refractivity contribution >= 4 is 12.1 Å². The minimum Gasteiger partial charge on any atom is -0.450 e. The molecule has 0 aromatic heterocycles. The summed E-state index contributed by atoms with van der Waals surface area (Å²) in [5, 5.41) is 23.8. The standard InChI is InChI=1S/C8H17N3.CH2O3/c9-8(10)11-6-7-4-2-1-3-5-7;2-1(3)4/h7H,1-6H2,(H4,9,10,11);(H2,2,3,4). The van der Waals surface area contributed by atoms with Gasteiger partial charge in [-0.2, -0.15) is 0 Å². The van der Waals surface area contributed by atoms with Crippen LogP contribution in [0.15, 0.2) is 0 Å². The molecule has 0 heterocycles. The monoisotopic (exact) mass is 217 g/mol. The zero-order valence-corrected chi connectivity index (χ0v) is 8.70. The van der Waals surface area contributed by atoms with Crippen LogP contribution in [0.3, 0.4) is 0 Å². The summed E-state index contributed by atoms with van der Waals surface area (Å²) in [6, 6.07) is 0. The lowest BCUT2D eigenvalue weighted by Crippen LogP contribution is -2.34. The van der Waals surface area contributed by atoms with Crippen molar-refractivity contribution in [3.63, 3.8) is 0 Å². The van der Waals surface area contributed by atoms with Crippen molar-refractivity contribution in [2.75, 3.05) is 6.54 Å². The summed E-state index contributed by atoms with van der Waals surface area (Å²) in [5.41, 5.74) is 5.18. The first-order valence-electron chi connectivity index (χ1n) is 5.02. The topological polar surface area (TPSA) is 119 Å². The second kappa shape index (κ2) is 7.90. The quantitative estimate of drug-likeness (QED) is 0.352. The maximum atomic E-state index is 8.56. The number of hydrogen-bond donors (Lipinski definition) is 5. The van der Waals surface area contributed by atoms with Crippen LogP contribution in [0.2, 0.25) is 0 Å². The van der Waals surface area contributed by atoms with Crippen molar-refractivity contribution in [1.82, 2.24) is 5.32 Å². The molecule has 0 aromatic carbocycles. The van der Waals surface area contributed by atoms with Crippen LogP contribution in [0.1, 0.15) is 32.1 Å². The van der Waals surface area contributed by atoms with Gasteiger partial charge in [-0.1, -0.05) is 19.3 Å². The lowest BCUT2D eigenvalue weighted by atomic mass is 9.89. The Morgan fingerprint density at radius 3 is 2.20 bits per heavy atom. The lowest BCUT2D eigenvalue weighted by molar-refractivity contribution is 0.137. The minimum atomic E-state index is -1.83. The second-order valence-corrected chi connectivity index (χ2v) is 3.58. The van der Waals surface area contributed by atoms with Crippen molar-refractivity contribution in [2.24, 2.45) is 11.7 Å². The molecule has 0 saturated heterocycles. The lowest BCUT2D eigenvalue weighted by Gasteiger charge is -2.21. The molecule has 0 aromatic rings. The summed E-state index contributed by atoms with van der Waals surface area (Å²) < 4.78 is 0. The number of carboxylic acid groups (broad SMARTS) is 2. The Balaban J connectivity index is 0.000000423. The highest BCUT2D eigenvalue weighted by atomic mass is 16.6. The molecule has 1 aliphatic rings. The Bertz CT molecular complexity index is 199. The summed E-state index contributed by atoms with van der Waals surface area (Å²) in [6.45, 7) is 0.898. The molecule has 0 radical (unpaired) electrons. The highest BCUT2D eigenvalue weighted by Gasteiger charge is 2.12. The Labute approximate surface area is 89.0 Å². The van der Waals surface area contributed by atoms with E-state index in [-0.39, 0.29) is 5.96 Å². The molecule has 6 nitrogen and oxygen atoms in total. The molecule has 15 heavy (non-hydrogen) atoms. The zero-order valence-electron chi connectivity index (χ0n) is 8.70. The van der Waals surface area contributed by atoms with Crippen LogP contribution < -0.4 is 11.1 Å². The van der Waals surface area contributed by atoms with Crippen molar-refractivity contribution in [2.45, 2.75) is 32.1 Å². The fourth-order valence-electron chi connectivity index (χ4n) is 1.65. The first kappa shape index (κ1) is 13.5. The minimum absolute atomic E-state index is 0.107. The van der Waals surface area contributed by atoms with E-state index in [1.165, 1.54) is 32.1 Å². The van der Waals surface area contributed by atoms with Gasteiger partial charge in [0.05, 0.1) is 0 Å². The number of hydrogen-bond acceptors (Lipinski definition) is 2. The molecule has 0 aliphatic heterocycles. The maximum Gasteiger partial charge on any atom is 0.503 e. The third-order valence-corrected chi connectivity index (χ3v) is 2.31. The average Bonchev–Trinajstić information content (AvgIpc) is 2.15. The smallest absolute Gasteiger partial charge is 0.450 e. The van der Waals surface area contributed by atoms with E-state index in [0.717, 1.165) is 12.5 Å². The first-order chi connectivity index (χ1) is 7.02. The van der Waals surface area contributed by atoms with Crippen molar-refractivity contribution in [1.29, 1.82) is 5.41 Å². The predicted octanol–water partition coefficient (Wildman–Crippen LogP) is 1.27. The first-order valence-corrected chi connectivity index (χ1v) is 5.02. The molecular formula is C9H19N3O3. The normalized spacial score (nSPS) is 16.0. The van der Waals surface area contributed by atoms with Gasteiger partial charge in [0.1, 0.15) is 0 Å². The molecule has 1 fully saturated rings. The molecule has 0 amide bonds. The van der Waals surface area contributed by atoms with Gasteiger partial charge in [-0.05, 0) is 18.8 Å². The molecule has 0 atom stereocenters. The molecule has 1 rings (SSSR count). The molecule has 0 unspecified atom stereocenters. The van der Waals surface area contributed by atoms with Gasteiger partial charge in [0.15, 0.2) is 5.96 Å². The fraction of sp³-hybridized carbons (Fsp3) is 0.778. The van der Waals surface area contributed by atoms with Crippen LogP contribution in [-0.4, -0.2) is 28.9 Å². The summed E-state index contributed by atoms with van der Waals surface area (Å²) in [6.07, 6.45) is 4.87. The fourth-order valence-corrected chi connectivity index (χ4v) is 1.65. The van der Waals surface area contributed by atoms with Gasteiger partial charge < -0.3 is 21.3 Å².